The molecule has 2 aliphatic heterocycles. The van der Waals surface area contributed by atoms with E-state index in [1.165, 1.54) is 44.7 Å². The third kappa shape index (κ3) is 2.99. The monoisotopic (exact) mass is 262 g/mol. The van der Waals surface area contributed by atoms with Gasteiger partial charge in [0.2, 0.25) is 0 Å². The van der Waals surface area contributed by atoms with Gasteiger partial charge >= 0.3 is 0 Å². The molecule has 1 atom stereocenters. The predicted molar refractivity (Wildman–Crippen MR) is 76.0 cm³/mol. The Kier molecular flexibility index (Phi) is 3.87. The summed E-state index contributed by atoms with van der Waals surface area (Å²) in [6, 6.07) is 0. The zero-order valence-corrected chi connectivity index (χ0v) is 12.3. The highest BCUT2D eigenvalue weighted by molar-refractivity contribution is 4.98. The third-order valence-electron chi connectivity index (χ3n) is 4.78. The quantitative estimate of drug-likeness (QED) is 0.837. The molecule has 4 heteroatoms. The van der Waals surface area contributed by atoms with E-state index < -0.39 is 0 Å². The summed E-state index contributed by atoms with van der Waals surface area (Å²) in [6.07, 6.45) is 6.08. The Labute approximate surface area is 116 Å². The molecule has 3 rings (SSSR count). The number of aromatic nitrogens is 3. The van der Waals surface area contributed by atoms with E-state index in [2.05, 4.69) is 23.4 Å². The van der Waals surface area contributed by atoms with Crippen LogP contribution in [0.1, 0.15) is 44.8 Å². The number of rotatable bonds is 3. The minimum atomic E-state index is 0.775. The Morgan fingerprint density at radius 2 is 1.95 bits per heavy atom. The van der Waals surface area contributed by atoms with Gasteiger partial charge in [-0.15, -0.1) is 0 Å². The van der Waals surface area contributed by atoms with Crippen molar-refractivity contribution in [3.63, 3.8) is 0 Å². The number of nitrogens with zero attached hydrogens (tertiary/aromatic N) is 4. The number of fused-ring (bicyclic) bond motifs is 1. The summed E-state index contributed by atoms with van der Waals surface area (Å²) >= 11 is 0. The molecule has 19 heavy (non-hydrogen) atoms. The van der Waals surface area contributed by atoms with E-state index in [-0.39, 0.29) is 0 Å². The lowest BCUT2D eigenvalue weighted by molar-refractivity contribution is 0.191. The molecule has 1 unspecified atom stereocenters. The van der Waals surface area contributed by atoms with Crippen LogP contribution in [-0.4, -0.2) is 39.3 Å². The van der Waals surface area contributed by atoms with Crippen LogP contribution in [0.2, 0.25) is 0 Å². The lowest BCUT2D eigenvalue weighted by Crippen LogP contribution is -2.34. The van der Waals surface area contributed by atoms with E-state index in [1.54, 1.807) is 0 Å². The average molecular weight is 262 g/mol. The second kappa shape index (κ2) is 5.61. The molecule has 1 fully saturated rings. The summed E-state index contributed by atoms with van der Waals surface area (Å²) in [4.78, 5) is 7.32. The van der Waals surface area contributed by atoms with Crippen LogP contribution in [-0.2, 0) is 19.4 Å². The van der Waals surface area contributed by atoms with Crippen LogP contribution in [0.25, 0.3) is 0 Å². The van der Waals surface area contributed by atoms with Crippen LogP contribution in [0.4, 0.5) is 0 Å². The lowest BCUT2D eigenvalue weighted by Gasteiger charge is -2.30. The molecule has 1 aromatic rings. The highest BCUT2D eigenvalue weighted by atomic mass is 15.3. The van der Waals surface area contributed by atoms with Gasteiger partial charge in [-0.05, 0) is 50.7 Å². The van der Waals surface area contributed by atoms with Gasteiger partial charge in [0.05, 0.1) is 0 Å². The molecule has 0 radical (unpaired) electrons. The average Bonchev–Trinajstić information content (AvgIpc) is 2.81. The van der Waals surface area contributed by atoms with E-state index in [1.807, 2.05) is 0 Å². The first-order valence-electron chi connectivity index (χ1n) is 7.89. The van der Waals surface area contributed by atoms with Gasteiger partial charge in [0.25, 0.3) is 0 Å². The first kappa shape index (κ1) is 13.1. The van der Waals surface area contributed by atoms with E-state index >= 15 is 0 Å². The molecule has 1 saturated heterocycles. The van der Waals surface area contributed by atoms with Crippen LogP contribution in [0.3, 0.4) is 0 Å². The number of hydrogen-bond donors (Lipinski definition) is 0. The van der Waals surface area contributed by atoms with Crippen molar-refractivity contribution in [2.24, 2.45) is 11.8 Å². The molecular weight excluding hydrogens is 236 g/mol. The zero-order valence-electron chi connectivity index (χ0n) is 12.3. The number of piperidine rings is 1. The molecule has 0 bridgehead atoms. The SMILES string of the molecule is CCN1CCC(Cc2nc3n(n2)CCC(C)C3)CC1. The van der Waals surface area contributed by atoms with Gasteiger partial charge in [-0.1, -0.05) is 13.8 Å². The maximum atomic E-state index is 4.77. The Bertz CT molecular complexity index is 418. The first-order chi connectivity index (χ1) is 9.24. The van der Waals surface area contributed by atoms with Gasteiger partial charge in [-0.2, -0.15) is 5.10 Å². The second-order valence-electron chi connectivity index (χ2n) is 6.35. The van der Waals surface area contributed by atoms with Gasteiger partial charge in [0.1, 0.15) is 5.82 Å². The molecule has 0 spiro atoms. The summed E-state index contributed by atoms with van der Waals surface area (Å²) in [5, 5.41) is 4.71. The predicted octanol–water partition coefficient (Wildman–Crippen LogP) is 2.13. The summed E-state index contributed by atoms with van der Waals surface area (Å²) in [7, 11) is 0. The molecule has 2 aliphatic rings. The minimum absolute atomic E-state index is 0.775. The van der Waals surface area contributed by atoms with Crippen molar-refractivity contribution in [3.8, 4) is 0 Å². The summed E-state index contributed by atoms with van der Waals surface area (Å²) in [5.74, 6) is 3.89. The van der Waals surface area contributed by atoms with Gasteiger partial charge in [0, 0.05) is 19.4 Å². The lowest BCUT2D eigenvalue weighted by atomic mass is 9.93. The fraction of sp³-hybridized carbons (Fsp3) is 0.867. The summed E-state index contributed by atoms with van der Waals surface area (Å²) < 4.78 is 2.15. The van der Waals surface area contributed by atoms with Crippen LogP contribution in [0.15, 0.2) is 0 Å². The molecular formula is C15H26N4. The van der Waals surface area contributed by atoms with Crippen LogP contribution in [0.5, 0.6) is 0 Å². The molecule has 0 amide bonds. The molecule has 0 N–H and O–H groups in total. The highest BCUT2D eigenvalue weighted by Crippen LogP contribution is 2.22. The molecule has 0 saturated carbocycles. The van der Waals surface area contributed by atoms with Crippen molar-refractivity contribution in [2.75, 3.05) is 19.6 Å². The van der Waals surface area contributed by atoms with Crippen molar-refractivity contribution < 1.29 is 0 Å². The Balaban J connectivity index is 1.59. The molecule has 106 valence electrons. The highest BCUT2D eigenvalue weighted by Gasteiger charge is 2.23. The molecule has 3 heterocycles. The number of aryl methyl sites for hydroxylation is 1. The topological polar surface area (TPSA) is 34.0 Å². The Morgan fingerprint density at radius 1 is 1.16 bits per heavy atom. The van der Waals surface area contributed by atoms with E-state index in [0.29, 0.717) is 0 Å². The van der Waals surface area contributed by atoms with Crippen molar-refractivity contribution in [1.82, 2.24) is 19.7 Å². The maximum Gasteiger partial charge on any atom is 0.151 e. The van der Waals surface area contributed by atoms with Gasteiger partial charge in [-0.3, -0.25) is 0 Å². The first-order valence-corrected chi connectivity index (χ1v) is 7.89. The molecule has 0 aromatic carbocycles. The largest absolute Gasteiger partial charge is 0.304 e. The van der Waals surface area contributed by atoms with E-state index in [4.69, 9.17) is 10.1 Å². The maximum absolute atomic E-state index is 4.77. The zero-order chi connectivity index (χ0) is 13.2. The van der Waals surface area contributed by atoms with Crippen molar-refractivity contribution >= 4 is 0 Å². The normalized spacial score (nSPS) is 25.5. The van der Waals surface area contributed by atoms with Gasteiger partial charge in [-0.25, -0.2) is 9.67 Å². The second-order valence-corrected chi connectivity index (χ2v) is 6.35. The van der Waals surface area contributed by atoms with Gasteiger partial charge in [0.15, 0.2) is 5.82 Å². The Morgan fingerprint density at radius 3 is 2.68 bits per heavy atom. The van der Waals surface area contributed by atoms with E-state index in [9.17, 15) is 0 Å². The standard InChI is InChI=1S/C15H26N4/c1-3-18-7-5-13(6-8-18)11-14-16-15-10-12(2)4-9-19(15)17-14/h12-13H,3-11H2,1-2H3. The summed E-state index contributed by atoms with van der Waals surface area (Å²) in [6.45, 7) is 9.35. The van der Waals surface area contributed by atoms with Crippen molar-refractivity contribution in [2.45, 2.75) is 52.5 Å². The summed E-state index contributed by atoms with van der Waals surface area (Å²) in [5.41, 5.74) is 0. The van der Waals surface area contributed by atoms with Gasteiger partial charge < -0.3 is 4.90 Å². The third-order valence-corrected chi connectivity index (χ3v) is 4.78. The number of likely N-dealkylation sites (tertiary alicyclic amines) is 1. The minimum Gasteiger partial charge on any atom is -0.304 e. The molecule has 4 nitrogen and oxygen atoms in total. The molecule has 1 aromatic heterocycles. The fourth-order valence-electron chi connectivity index (χ4n) is 3.36. The molecule has 0 aliphatic carbocycles. The smallest absolute Gasteiger partial charge is 0.151 e. The van der Waals surface area contributed by atoms with Crippen LogP contribution in [0, 0.1) is 11.8 Å². The van der Waals surface area contributed by atoms with Crippen molar-refractivity contribution in [3.05, 3.63) is 11.6 Å². The van der Waals surface area contributed by atoms with E-state index in [0.717, 1.165) is 37.0 Å². The van der Waals surface area contributed by atoms with Crippen LogP contribution < -0.4 is 0 Å². The van der Waals surface area contributed by atoms with Crippen molar-refractivity contribution in [1.29, 1.82) is 0 Å². The Hall–Kier alpha value is -0.900. The fourth-order valence-corrected chi connectivity index (χ4v) is 3.36. The van der Waals surface area contributed by atoms with Crippen LogP contribution >= 0.6 is 0 Å². The number of hydrogen-bond acceptors (Lipinski definition) is 3.